The van der Waals surface area contributed by atoms with Crippen LogP contribution in [0.1, 0.15) is 49.4 Å². The van der Waals surface area contributed by atoms with Crippen molar-refractivity contribution >= 4 is 16.9 Å². The van der Waals surface area contributed by atoms with E-state index in [1.54, 1.807) is 0 Å². The van der Waals surface area contributed by atoms with Gasteiger partial charge in [0.05, 0.1) is 17.1 Å². The standard InChI is InChI=1S/C19H23F3N4O4/c1-2-6-26-15-14(17(28)25-18(26)29)7-11(9-23-15)16(27)24-12-4-3-5-13(8-12)30-10-19(20,21)22/h7,9,12-13H,2-6,8,10H2,1H3,(H,24,27)(H,25,28,29)/t12-,13+/m0/s1. The summed E-state index contributed by atoms with van der Waals surface area (Å²) in [5, 5.41) is 2.89. The second-order valence-electron chi connectivity index (χ2n) is 7.39. The molecule has 2 atom stereocenters. The second kappa shape index (κ2) is 8.99. The number of carbonyl (C=O) groups excluding carboxylic acids is 1. The van der Waals surface area contributed by atoms with Crippen molar-refractivity contribution in [3.8, 4) is 0 Å². The molecule has 0 bridgehead atoms. The van der Waals surface area contributed by atoms with E-state index in [4.69, 9.17) is 4.74 Å². The number of alkyl halides is 3. The quantitative estimate of drug-likeness (QED) is 0.733. The fourth-order valence-corrected chi connectivity index (χ4v) is 3.63. The maximum atomic E-state index is 12.6. The number of aromatic nitrogens is 3. The second-order valence-corrected chi connectivity index (χ2v) is 7.39. The lowest BCUT2D eigenvalue weighted by Gasteiger charge is -2.30. The normalized spacial score (nSPS) is 19.7. The summed E-state index contributed by atoms with van der Waals surface area (Å²) in [6, 6.07) is 1.02. The summed E-state index contributed by atoms with van der Waals surface area (Å²) in [5.74, 6) is -0.487. The lowest BCUT2D eigenvalue weighted by atomic mass is 9.92. The van der Waals surface area contributed by atoms with Gasteiger partial charge >= 0.3 is 11.9 Å². The lowest BCUT2D eigenvalue weighted by Crippen LogP contribution is -2.41. The number of hydrogen-bond donors (Lipinski definition) is 2. The minimum absolute atomic E-state index is 0.116. The van der Waals surface area contributed by atoms with Crippen molar-refractivity contribution in [1.29, 1.82) is 0 Å². The smallest absolute Gasteiger partial charge is 0.369 e. The Morgan fingerprint density at radius 1 is 1.37 bits per heavy atom. The van der Waals surface area contributed by atoms with E-state index < -0.39 is 36.0 Å². The van der Waals surface area contributed by atoms with E-state index in [0.717, 1.165) is 0 Å². The first-order chi connectivity index (χ1) is 14.2. The first-order valence-corrected chi connectivity index (χ1v) is 9.80. The third kappa shape index (κ3) is 5.26. The number of nitrogens with zero attached hydrogens (tertiary/aromatic N) is 2. The van der Waals surface area contributed by atoms with Gasteiger partial charge in [0.1, 0.15) is 12.3 Å². The SMILES string of the molecule is CCCn1c(=O)[nH]c(=O)c2cc(C(=O)N[C@H]3CCC[C@@H](OCC(F)(F)F)C3)cnc21. The van der Waals surface area contributed by atoms with Crippen LogP contribution in [0.4, 0.5) is 13.2 Å². The van der Waals surface area contributed by atoms with E-state index in [2.05, 4.69) is 15.3 Å². The van der Waals surface area contributed by atoms with Gasteiger partial charge in [0.2, 0.25) is 0 Å². The minimum Gasteiger partial charge on any atom is -0.369 e. The van der Waals surface area contributed by atoms with Gasteiger partial charge in [-0.2, -0.15) is 13.2 Å². The average molecular weight is 428 g/mol. The van der Waals surface area contributed by atoms with E-state index >= 15 is 0 Å². The third-order valence-corrected chi connectivity index (χ3v) is 4.99. The molecule has 0 spiro atoms. The number of fused-ring (bicyclic) bond motifs is 1. The van der Waals surface area contributed by atoms with Crippen LogP contribution < -0.4 is 16.6 Å². The van der Waals surface area contributed by atoms with Gasteiger partial charge in [-0.25, -0.2) is 9.78 Å². The first-order valence-electron chi connectivity index (χ1n) is 9.80. The van der Waals surface area contributed by atoms with Crippen molar-refractivity contribution in [2.24, 2.45) is 0 Å². The molecular formula is C19H23F3N4O4. The Kier molecular flexibility index (Phi) is 6.59. The van der Waals surface area contributed by atoms with Crippen LogP contribution in [0.3, 0.4) is 0 Å². The molecule has 164 valence electrons. The topological polar surface area (TPSA) is 106 Å². The summed E-state index contributed by atoms with van der Waals surface area (Å²) < 4.78 is 43.3. The molecule has 1 saturated carbocycles. The van der Waals surface area contributed by atoms with Crippen molar-refractivity contribution in [3.05, 3.63) is 38.7 Å². The van der Waals surface area contributed by atoms with Crippen LogP contribution in [-0.4, -0.2) is 45.4 Å². The summed E-state index contributed by atoms with van der Waals surface area (Å²) in [6.45, 7) is 0.933. The fourth-order valence-electron chi connectivity index (χ4n) is 3.63. The van der Waals surface area contributed by atoms with Gasteiger partial charge in [0.25, 0.3) is 11.5 Å². The first kappa shape index (κ1) is 22.0. The zero-order valence-electron chi connectivity index (χ0n) is 16.4. The molecule has 1 fully saturated rings. The number of carbonyl (C=O) groups is 1. The van der Waals surface area contributed by atoms with Crippen molar-refractivity contribution in [1.82, 2.24) is 19.9 Å². The Morgan fingerprint density at radius 3 is 2.83 bits per heavy atom. The van der Waals surface area contributed by atoms with Gasteiger partial charge in [0.15, 0.2) is 0 Å². The fraction of sp³-hybridized carbons (Fsp3) is 0.579. The number of aromatic amines is 1. The number of rotatable bonds is 6. The van der Waals surface area contributed by atoms with Crippen LogP contribution in [0.2, 0.25) is 0 Å². The van der Waals surface area contributed by atoms with E-state index in [-0.39, 0.29) is 29.1 Å². The molecule has 2 aromatic heterocycles. The van der Waals surface area contributed by atoms with Crippen LogP contribution in [0.15, 0.2) is 21.9 Å². The minimum atomic E-state index is -4.39. The third-order valence-electron chi connectivity index (χ3n) is 4.99. The Balaban J connectivity index is 1.74. The van der Waals surface area contributed by atoms with Gasteiger partial charge < -0.3 is 10.1 Å². The van der Waals surface area contributed by atoms with Crippen LogP contribution >= 0.6 is 0 Å². The Bertz CT molecular complexity index is 1030. The largest absolute Gasteiger partial charge is 0.411 e. The highest BCUT2D eigenvalue weighted by molar-refractivity contribution is 5.96. The van der Waals surface area contributed by atoms with E-state index in [0.29, 0.717) is 32.2 Å². The van der Waals surface area contributed by atoms with E-state index in [1.807, 2.05) is 6.92 Å². The molecular weight excluding hydrogens is 405 g/mol. The molecule has 0 aromatic carbocycles. The van der Waals surface area contributed by atoms with Crippen LogP contribution in [0.25, 0.3) is 11.0 Å². The van der Waals surface area contributed by atoms with Gasteiger partial charge in [-0.3, -0.25) is 19.1 Å². The number of aryl methyl sites for hydroxylation is 1. The average Bonchev–Trinajstić information content (AvgIpc) is 2.69. The molecule has 2 N–H and O–H groups in total. The monoisotopic (exact) mass is 428 g/mol. The van der Waals surface area contributed by atoms with Crippen LogP contribution in [0.5, 0.6) is 0 Å². The summed E-state index contributed by atoms with van der Waals surface area (Å²) in [5.41, 5.74) is -0.873. The number of halogens is 3. The molecule has 3 rings (SSSR count). The highest BCUT2D eigenvalue weighted by atomic mass is 19.4. The maximum absolute atomic E-state index is 12.6. The predicted octanol–water partition coefficient (Wildman–Crippen LogP) is 2.11. The molecule has 0 saturated heterocycles. The zero-order valence-corrected chi connectivity index (χ0v) is 16.4. The number of hydrogen-bond acceptors (Lipinski definition) is 5. The van der Waals surface area contributed by atoms with Crippen molar-refractivity contribution < 1.29 is 22.7 Å². The molecule has 0 radical (unpaired) electrons. The summed E-state index contributed by atoms with van der Waals surface area (Å²) in [4.78, 5) is 43.1. The number of amides is 1. The molecule has 1 amide bonds. The van der Waals surface area contributed by atoms with Crippen molar-refractivity contribution in [2.45, 2.75) is 63.9 Å². The van der Waals surface area contributed by atoms with Gasteiger partial charge in [-0.15, -0.1) is 0 Å². The Labute approximate surface area is 169 Å². The van der Waals surface area contributed by atoms with Gasteiger partial charge in [0, 0.05) is 18.8 Å². The van der Waals surface area contributed by atoms with Gasteiger partial charge in [-0.05, 0) is 38.2 Å². The van der Waals surface area contributed by atoms with E-state index in [9.17, 15) is 27.6 Å². The van der Waals surface area contributed by atoms with Gasteiger partial charge in [-0.1, -0.05) is 6.92 Å². The highest BCUT2D eigenvalue weighted by Crippen LogP contribution is 2.24. The summed E-state index contributed by atoms with van der Waals surface area (Å²) in [7, 11) is 0. The molecule has 0 aliphatic heterocycles. The lowest BCUT2D eigenvalue weighted by molar-refractivity contribution is -0.188. The molecule has 11 heteroatoms. The number of ether oxygens (including phenoxy) is 1. The maximum Gasteiger partial charge on any atom is 0.411 e. The molecule has 1 aliphatic rings. The predicted molar refractivity (Wildman–Crippen MR) is 102 cm³/mol. The van der Waals surface area contributed by atoms with Crippen LogP contribution in [-0.2, 0) is 11.3 Å². The number of pyridine rings is 1. The summed E-state index contributed by atoms with van der Waals surface area (Å²) in [6.07, 6.45) is -0.996. The zero-order chi connectivity index (χ0) is 21.9. The van der Waals surface area contributed by atoms with E-state index in [1.165, 1.54) is 16.8 Å². The number of H-pyrrole nitrogens is 1. The Hall–Kier alpha value is -2.69. The number of nitrogens with one attached hydrogen (secondary N) is 2. The molecule has 30 heavy (non-hydrogen) atoms. The highest BCUT2D eigenvalue weighted by Gasteiger charge is 2.31. The molecule has 1 aliphatic carbocycles. The van der Waals surface area contributed by atoms with Crippen LogP contribution in [0, 0.1) is 0 Å². The molecule has 0 unspecified atom stereocenters. The molecule has 8 nitrogen and oxygen atoms in total. The summed E-state index contributed by atoms with van der Waals surface area (Å²) >= 11 is 0. The molecule has 2 aromatic rings. The van der Waals surface area contributed by atoms with Crippen molar-refractivity contribution in [2.75, 3.05) is 6.61 Å². The molecule has 2 heterocycles. The Morgan fingerprint density at radius 2 is 2.13 bits per heavy atom. The van der Waals surface area contributed by atoms with Crippen molar-refractivity contribution in [3.63, 3.8) is 0 Å².